The summed E-state index contributed by atoms with van der Waals surface area (Å²) in [6.45, 7) is 4.15. The van der Waals surface area contributed by atoms with Crippen molar-refractivity contribution in [3.63, 3.8) is 0 Å². The first kappa shape index (κ1) is 20.6. The second kappa shape index (κ2) is 8.78. The highest BCUT2D eigenvalue weighted by molar-refractivity contribution is 7.89. The zero-order valence-electron chi connectivity index (χ0n) is 15.1. The number of aryl methyl sites for hydroxylation is 2. The Balaban J connectivity index is 1.86. The number of nitrogens with zero attached hydrogens (tertiary/aromatic N) is 1. The predicted molar refractivity (Wildman–Crippen MR) is 94.1 cm³/mol. The van der Waals surface area contributed by atoms with Crippen LogP contribution in [-0.2, 0) is 19.6 Å². The number of aromatic nitrogens is 1. The minimum atomic E-state index is -3.98. The van der Waals surface area contributed by atoms with E-state index in [4.69, 9.17) is 14.0 Å². The number of Topliss-reactive ketones (excluding diaryl/α,β-unsaturated/α-hetero) is 1. The van der Waals surface area contributed by atoms with Crippen molar-refractivity contribution in [1.82, 2.24) is 9.88 Å². The number of hydrogen-bond acceptors (Lipinski definition) is 8. The van der Waals surface area contributed by atoms with Crippen LogP contribution in [0.4, 0.5) is 0 Å². The van der Waals surface area contributed by atoms with Crippen LogP contribution in [0.25, 0.3) is 0 Å². The second-order valence-electron chi connectivity index (χ2n) is 5.52. The van der Waals surface area contributed by atoms with Crippen molar-refractivity contribution in [1.29, 1.82) is 0 Å². The molecule has 2 rings (SSSR count). The maximum absolute atomic E-state index is 12.2. The Labute approximate surface area is 156 Å². The Morgan fingerprint density at radius 3 is 2.41 bits per heavy atom. The fraction of sp³-hybridized carbons (Fsp3) is 0.353. The first-order chi connectivity index (χ1) is 12.7. The van der Waals surface area contributed by atoms with Crippen LogP contribution in [0.2, 0.25) is 0 Å². The molecule has 2 aromatic rings. The van der Waals surface area contributed by atoms with Crippen LogP contribution in [0.5, 0.6) is 5.75 Å². The van der Waals surface area contributed by atoms with E-state index in [1.54, 1.807) is 24.3 Å². The molecule has 1 N–H and O–H groups in total. The van der Waals surface area contributed by atoms with E-state index in [0.717, 1.165) is 0 Å². The Kier molecular flexibility index (Phi) is 6.70. The molecule has 1 aromatic carbocycles. The molecule has 0 bridgehead atoms. The number of benzene rings is 1. The second-order valence-corrected chi connectivity index (χ2v) is 7.22. The summed E-state index contributed by atoms with van der Waals surface area (Å²) in [6.07, 6.45) is 0. The Morgan fingerprint density at radius 1 is 1.19 bits per heavy atom. The van der Waals surface area contributed by atoms with Gasteiger partial charge >= 0.3 is 5.97 Å². The third-order valence-electron chi connectivity index (χ3n) is 3.49. The number of ether oxygens (including phenoxy) is 2. The number of hydrogen-bond donors (Lipinski definition) is 1. The third-order valence-corrected chi connectivity index (χ3v) is 5.14. The minimum Gasteiger partial charge on any atom is -0.494 e. The fourth-order valence-corrected chi connectivity index (χ4v) is 3.56. The smallest absolute Gasteiger partial charge is 0.321 e. The van der Waals surface area contributed by atoms with Crippen molar-refractivity contribution in [3.05, 3.63) is 41.3 Å². The summed E-state index contributed by atoms with van der Waals surface area (Å²) in [5.74, 6) is -0.566. The SMILES string of the molecule is CCOc1ccc(C(=O)COC(=O)CNS(=O)(=O)c2c(C)noc2C)cc1. The van der Waals surface area contributed by atoms with Gasteiger partial charge < -0.3 is 14.0 Å². The predicted octanol–water partition coefficient (Wildman–Crippen LogP) is 1.39. The normalized spacial score (nSPS) is 11.2. The quantitative estimate of drug-likeness (QED) is 0.498. The average Bonchev–Trinajstić information content (AvgIpc) is 2.98. The zero-order chi connectivity index (χ0) is 20.0. The highest BCUT2D eigenvalue weighted by Crippen LogP contribution is 2.18. The first-order valence-electron chi connectivity index (χ1n) is 8.08. The summed E-state index contributed by atoms with van der Waals surface area (Å²) in [7, 11) is -3.98. The van der Waals surface area contributed by atoms with Gasteiger partial charge in [-0.15, -0.1) is 0 Å². The van der Waals surface area contributed by atoms with E-state index in [1.165, 1.54) is 13.8 Å². The van der Waals surface area contributed by atoms with E-state index >= 15 is 0 Å². The number of carbonyl (C=O) groups excluding carboxylic acids is 2. The van der Waals surface area contributed by atoms with Gasteiger partial charge in [-0.1, -0.05) is 5.16 Å². The van der Waals surface area contributed by atoms with Gasteiger partial charge in [-0.3, -0.25) is 9.59 Å². The molecule has 1 aromatic heterocycles. The van der Waals surface area contributed by atoms with Crippen molar-refractivity contribution < 1.29 is 32.0 Å². The summed E-state index contributed by atoms with van der Waals surface area (Å²) in [4.78, 5) is 23.6. The molecule has 10 heteroatoms. The number of nitrogens with one attached hydrogen (secondary N) is 1. The molecule has 0 aliphatic carbocycles. The molecule has 0 aliphatic rings. The third kappa shape index (κ3) is 5.38. The van der Waals surface area contributed by atoms with Crippen molar-refractivity contribution in [2.75, 3.05) is 19.8 Å². The molecular weight excluding hydrogens is 376 g/mol. The summed E-state index contributed by atoms with van der Waals surface area (Å²) in [5.41, 5.74) is 0.529. The van der Waals surface area contributed by atoms with Crippen LogP contribution in [0.3, 0.4) is 0 Å². The highest BCUT2D eigenvalue weighted by atomic mass is 32.2. The number of carbonyl (C=O) groups is 2. The van der Waals surface area contributed by atoms with Crippen LogP contribution < -0.4 is 9.46 Å². The molecule has 1 heterocycles. The average molecular weight is 396 g/mol. The largest absolute Gasteiger partial charge is 0.494 e. The monoisotopic (exact) mass is 396 g/mol. The van der Waals surface area contributed by atoms with Crippen LogP contribution >= 0.6 is 0 Å². The topological polar surface area (TPSA) is 125 Å². The molecule has 146 valence electrons. The summed E-state index contributed by atoms with van der Waals surface area (Å²) < 4.78 is 41.4. The van der Waals surface area contributed by atoms with Crippen molar-refractivity contribution in [2.24, 2.45) is 0 Å². The Hall–Kier alpha value is -2.72. The molecule has 0 saturated carbocycles. The number of sulfonamides is 1. The maximum atomic E-state index is 12.2. The minimum absolute atomic E-state index is 0.110. The molecule has 0 unspecified atom stereocenters. The molecule has 0 amide bonds. The van der Waals surface area contributed by atoms with Crippen LogP contribution in [0, 0.1) is 13.8 Å². The van der Waals surface area contributed by atoms with Gasteiger partial charge in [0.25, 0.3) is 0 Å². The number of ketones is 1. The van der Waals surface area contributed by atoms with Crippen molar-refractivity contribution in [2.45, 2.75) is 25.7 Å². The molecule has 0 radical (unpaired) electrons. The molecule has 0 atom stereocenters. The van der Waals surface area contributed by atoms with Gasteiger partial charge in [0.05, 0.1) is 6.61 Å². The van der Waals surface area contributed by atoms with E-state index < -0.39 is 34.9 Å². The molecule has 27 heavy (non-hydrogen) atoms. The number of esters is 1. The molecule has 0 saturated heterocycles. The molecule has 9 nitrogen and oxygen atoms in total. The fourth-order valence-electron chi connectivity index (χ4n) is 2.27. The van der Waals surface area contributed by atoms with Crippen LogP contribution in [0.15, 0.2) is 33.7 Å². The van der Waals surface area contributed by atoms with E-state index in [1.807, 2.05) is 6.92 Å². The van der Waals surface area contributed by atoms with Gasteiger partial charge in [-0.2, -0.15) is 4.72 Å². The van der Waals surface area contributed by atoms with Gasteiger partial charge in [-0.05, 0) is 45.0 Å². The standard InChI is InChI=1S/C17H20N2O7S/c1-4-24-14-7-5-13(6-8-14)15(20)10-25-16(21)9-18-27(22,23)17-11(2)19-26-12(17)3/h5-8,18H,4,9-10H2,1-3H3. The Morgan fingerprint density at radius 2 is 1.85 bits per heavy atom. The number of rotatable bonds is 9. The lowest BCUT2D eigenvalue weighted by Crippen LogP contribution is -2.32. The van der Waals surface area contributed by atoms with Crippen molar-refractivity contribution >= 4 is 21.8 Å². The highest BCUT2D eigenvalue weighted by Gasteiger charge is 2.25. The summed E-state index contributed by atoms with van der Waals surface area (Å²) >= 11 is 0. The van der Waals surface area contributed by atoms with Gasteiger partial charge in [0.1, 0.15) is 22.9 Å². The zero-order valence-corrected chi connectivity index (χ0v) is 16.0. The van der Waals surface area contributed by atoms with E-state index in [2.05, 4.69) is 9.88 Å². The van der Waals surface area contributed by atoms with Crippen LogP contribution in [0.1, 0.15) is 28.7 Å². The van der Waals surface area contributed by atoms with E-state index in [9.17, 15) is 18.0 Å². The molecule has 0 aliphatic heterocycles. The summed E-state index contributed by atoms with van der Waals surface area (Å²) in [6, 6.07) is 6.38. The molecular formula is C17H20N2O7S. The van der Waals surface area contributed by atoms with Gasteiger partial charge in [0.15, 0.2) is 18.2 Å². The first-order valence-corrected chi connectivity index (χ1v) is 9.57. The van der Waals surface area contributed by atoms with Gasteiger partial charge in [-0.25, -0.2) is 8.42 Å². The molecule has 0 fully saturated rings. The van der Waals surface area contributed by atoms with Crippen molar-refractivity contribution in [3.8, 4) is 5.75 Å². The van der Waals surface area contributed by atoms with Gasteiger partial charge in [0, 0.05) is 5.56 Å². The van der Waals surface area contributed by atoms with Crippen LogP contribution in [-0.4, -0.2) is 45.1 Å². The summed E-state index contributed by atoms with van der Waals surface area (Å²) in [5, 5.41) is 3.56. The Bertz CT molecular complexity index is 898. The van der Waals surface area contributed by atoms with E-state index in [0.29, 0.717) is 17.9 Å². The van der Waals surface area contributed by atoms with Gasteiger partial charge in [0.2, 0.25) is 10.0 Å². The lowest BCUT2D eigenvalue weighted by atomic mass is 10.1. The maximum Gasteiger partial charge on any atom is 0.321 e. The lowest BCUT2D eigenvalue weighted by Gasteiger charge is -2.07. The molecule has 0 spiro atoms. The lowest BCUT2D eigenvalue weighted by molar-refractivity contribution is -0.141. The van der Waals surface area contributed by atoms with E-state index in [-0.39, 0.29) is 16.3 Å².